The number of guanidine groups is 1. The summed E-state index contributed by atoms with van der Waals surface area (Å²) in [5.74, 6) is 1.18. The van der Waals surface area contributed by atoms with Gasteiger partial charge in [-0.1, -0.05) is 24.3 Å². The van der Waals surface area contributed by atoms with Gasteiger partial charge in [-0.2, -0.15) is 8.78 Å². The molecule has 2 rings (SSSR count). The van der Waals surface area contributed by atoms with E-state index in [4.69, 9.17) is 9.47 Å². The standard InChI is InChI=1S/C21H27F2N3O3.HI/c1-4-28-14-16-7-5-15(6-8-16)12-25-21(24-2)26-13-17-11-18(27-3)9-10-19(17)29-20(22)23;/h5-11,20H,4,12-14H2,1-3H3,(H2,24,25,26);1H. The zero-order valence-electron chi connectivity index (χ0n) is 17.3. The predicted octanol–water partition coefficient (Wildman–Crippen LogP) is 4.32. The molecule has 0 aliphatic carbocycles. The Morgan fingerprint density at radius 3 is 2.30 bits per heavy atom. The van der Waals surface area contributed by atoms with Crippen LogP contribution in [0.4, 0.5) is 8.78 Å². The number of rotatable bonds is 10. The van der Waals surface area contributed by atoms with Crippen molar-refractivity contribution in [3.8, 4) is 11.5 Å². The summed E-state index contributed by atoms with van der Waals surface area (Å²) in [6, 6.07) is 12.8. The van der Waals surface area contributed by atoms with E-state index in [1.165, 1.54) is 13.2 Å². The predicted molar refractivity (Wildman–Crippen MR) is 124 cm³/mol. The van der Waals surface area contributed by atoms with Crippen molar-refractivity contribution < 1.29 is 23.0 Å². The van der Waals surface area contributed by atoms with Crippen LogP contribution >= 0.6 is 24.0 Å². The molecule has 2 aromatic rings. The van der Waals surface area contributed by atoms with E-state index in [-0.39, 0.29) is 36.3 Å². The number of halogens is 3. The average Bonchev–Trinajstić information content (AvgIpc) is 2.73. The molecule has 0 saturated heterocycles. The quantitative estimate of drug-likeness (QED) is 0.270. The molecular weight excluding hydrogens is 507 g/mol. The Hall–Kier alpha value is -2.14. The Morgan fingerprint density at radius 2 is 1.70 bits per heavy atom. The van der Waals surface area contributed by atoms with E-state index in [0.717, 1.165) is 11.1 Å². The minimum absolute atomic E-state index is 0. The lowest BCUT2D eigenvalue weighted by atomic mass is 10.1. The van der Waals surface area contributed by atoms with Crippen LogP contribution in [0.2, 0.25) is 0 Å². The van der Waals surface area contributed by atoms with Crippen LogP contribution in [0.25, 0.3) is 0 Å². The molecule has 0 heterocycles. The van der Waals surface area contributed by atoms with E-state index in [1.54, 1.807) is 19.2 Å². The van der Waals surface area contributed by atoms with Gasteiger partial charge in [-0.25, -0.2) is 0 Å². The van der Waals surface area contributed by atoms with Gasteiger partial charge in [0.05, 0.1) is 13.7 Å². The second kappa shape index (κ2) is 14.0. The van der Waals surface area contributed by atoms with Crippen molar-refractivity contribution in [2.24, 2.45) is 4.99 Å². The van der Waals surface area contributed by atoms with Gasteiger partial charge >= 0.3 is 6.61 Å². The summed E-state index contributed by atoms with van der Waals surface area (Å²) in [6.07, 6.45) is 0. The Morgan fingerprint density at radius 1 is 1.03 bits per heavy atom. The molecule has 0 unspecified atom stereocenters. The third-order valence-corrected chi connectivity index (χ3v) is 4.11. The van der Waals surface area contributed by atoms with E-state index >= 15 is 0 Å². The summed E-state index contributed by atoms with van der Waals surface area (Å²) in [5.41, 5.74) is 2.73. The van der Waals surface area contributed by atoms with Gasteiger partial charge in [0, 0.05) is 32.3 Å². The van der Waals surface area contributed by atoms with Crippen molar-refractivity contribution in [2.45, 2.75) is 33.2 Å². The van der Waals surface area contributed by atoms with Gasteiger partial charge in [0.2, 0.25) is 0 Å². The highest BCUT2D eigenvalue weighted by Crippen LogP contribution is 2.25. The highest BCUT2D eigenvalue weighted by molar-refractivity contribution is 14.0. The van der Waals surface area contributed by atoms with Crippen LogP contribution in [0.15, 0.2) is 47.5 Å². The number of hydrogen-bond acceptors (Lipinski definition) is 4. The summed E-state index contributed by atoms with van der Waals surface area (Å²) < 4.78 is 40.4. The van der Waals surface area contributed by atoms with Gasteiger partial charge < -0.3 is 24.8 Å². The molecule has 0 saturated carbocycles. The zero-order chi connectivity index (χ0) is 21.1. The normalized spacial score (nSPS) is 11.1. The molecule has 0 bridgehead atoms. The van der Waals surface area contributed by atoms with Gasteiger partial charge in [0.15, 0.2) is 5.96 Å². The smallest absolute Gasteiger partial charge is 0.387 e. The number of aliphatic imine (C=N–C) groups is 1. The first-order chi connectivity index (χ1) is 14.0. The van der Waals surface area contributed by atoms with Crippen LogP contribution in [-0.4, -0.2) is 33.3 Å². The molecule has 0 radical (unpaired) electrons. The largest absolute Gasteiger partial charge is 0.497 e. The first-order valence-corrected chi connectivity index (χ1v) is 9.27. The summed E-state index contributed by atoms with van der Waals surface area (Å²) in [6.45, 7) is 1.15. The molecule has 2 aromatic carbocycles. The summed E-state index contributed by atoms with van der Waals surface area (Å²) in [5, 5.41) is 6.29. The van der Waals surface area contributed by atoms with Crippen LogP contribution in [0.3, 0.4) is 0 Å². The maximum absolute atomic E-state index is 12.6. The number of hydrogen-bond donors (Lipinski definition) is 2. The second-order valence-electron chi connectivity index (χ2n) is 6.09. The van der Waals surface area contributed by atoms with Gasteiger partial charge in [-0.3, -0.25) is 4.99 Å². The molecule has 2 N–H and O–H groups in total. The first-order valence-electron chi connectivity index (χ1n) is 9.27. The van der Waals surface area contributed by atoms with Crippen molar-refractivity contribution in [3.05, 3.63) is 59.2 Å². The fourth-order valence-electron chi connectivity index (χ4n) is 2.59. The van der Waals surface area contributed by atoms with E-state index in [2.05, 4.69) is 20.4 Å². The highest BCUT2D eigenvalue weighted by atomic mass is 127. The summed E-state index contributed by atoms with van der Waals surface area (Å²) in [7, 11) is 3.16. The Bertz CT molecular complexity index is 790. The van der Waals surface area contributed by atoms with Gasteiger partial charge in [-0.05, 0) is 36.2 Å². The molecule has 0 aliphatic heterocycles. The lowest BCUT2D eigenvalue weighted by molar-refractivity contribution is -0.0505. The molecule has 0 aliphatic rings. The van der Waals surface area contributed by atoms with Crippen LogP contribution in [0.5, 0.6) is 11.5 Å². The molecular formula is C21H28F2IN3O3. The van der Waals surface area contributed by atoms with Crippen molar-refractivity contribution in [3.63, 3.8) is 0 Å². The minimum atomic E-state index is -2.90. The Balaban J connectivity index is 0.00000450. The molecule has 6 nitrogen and oxygen atoms in total. The fourth-order valence-corrected chi connectivity index (χ4v) is 2.59. The van der Waals surface area contributed by atoms with E-state index in [0.29, 0.717) is 37.0 Å². The van der Waals surface area contributed by atoms with Crippen LogP contribution < -0.4 is 20.1 Å². The van der Waals surface area contributed by atoms with Gasteiger partial charge in [0.25, 0.3) is 0 Å². The lowest BCUT2D eigenvalue weighted by Gasteiger charge is -2.15. The number of nitrogens with one attached hydrogen (secondary N) is 2. The van der Waals surface area contributed by atoms with Crippen molar-refractivity contribution in [1.82, 2.24) is 10.6 Å². The van der Waals surface area contributed by atoms with Crippen LogP contribution in [0.1, 0.15) is 23.6 Å². The highest BCUT2D eigenvalue weighted by Gasteiger charge is 2.11. The minimum Gasteiger partial charge on any atom is -0.497 e. The molecule has 0 atom stereocenters. The third kappa shape index (κ3) is 8.70. The molecule has 0 amide bonds. The third-order valence-electron chi connectivity index (χ3n) is 4.11. The number of benzene rings is 2. The first kappa shape index (κ1) is 25.9. The molecule has 0 fully saturated rings. The summed E-state index contributed by atoms with van der Waals surface area (Å²) >= 11 is 0. The Kier molecular flexibility index (Phi) is 12.1. The SMILES string of the molecule is CCOCc1ccc(CNC(=NC)NCc2cc(OC)ccc2OC(F)F)cc1.I. The van der Waals surface area contributed by atoms with Crippen LogP contribution in [0, 0.1) is 0 Å². The number of alkyl halides is 2. The topological polar surface area (TPSA) is 64.1 Å². The van der Waals surface area contributed by atoms with Crippen molar-refractivity contribution >= 4 is 29.9 Å². The summed E-state index contributed by atoms with van der Waals surface area (Å²) in [4.78, 5) is 4.16. The van der Waals surface area contributed by atoms with Gasteiger partial charge in [-0.15, -0.1) is 24.0 Å². The second-order valence-corrected chi connectivity index (χ2v) is 6.09. The van der Waals surface area contributed by atoms with E-state index < -0.39 is 6.61 Å². The maximum atomic E-state index is 12.6. The molecule has 166 valence electrons. The van der Waals surface area contributed by atoms with Crippen molar-refractivity contribution in [1.29, 1.82) is 0 Å². The van der Waals surface area contributed by atoms with Crippen molar-refractivity contribution in [2.75, 3.05) is 20.8 Å². The molecule has 0 spiro atoms. The molecule has 9 heteroatoms. The molecule has 30 heavy (non-hydrogen) atoms. The van der Waals surface area contributed by atoms with Crippen LogP contribution in [-0.2, 0) is 24.4 Å². The fraction of sp³-hybridized carbons (Fsp3) is 0.381. The van der Waals surface area contributed by atoms with Gasteiger partial charge in [0.1, 0.15) is 11.5 Å². The number of ether oxygens (including phenoxy) is 3. The monoisotopic (exact) mass is 535 g/mol. The Labute approximate surface area is 193 Å². The maximum Gasteiger partial charge on any atom is 0.387 e. The molecule has 0 aromatic heterocycles. The number of methoxy groups -OCH3 is 1. The number of nitrogens with zero attached hydrogens (tertiary/aromatic N) is 1. The van der Waals surface area contributed by atoms with E-state index in [1.807, 2.05) is 31.2 Å². The zero-order valence-corrected chi connectivity index (χ0v) is 19.6. The lowest BCUT2D eigenvalue weighted by Crippen LogP contribution is -2.36. The van der Waals surface area contributed by atoms with E-state index in [9.17, 15) is 8.78 Å². The average molecular weight is 535 g/mol.